The number of nitrogens with one attached hydrogen (secondary N) is 1. The lowest BCUT2D eigenvalue weighted by molar-refractivity contribution is -0.121. The van der Waals surface area contributed by atoms with Gasteiger partial charge >= 0.3 is 0 Å². The molecule has 2 aromatic heterocycles. The molecule has 3 heterocycles. The third-order valence-corrected chi connectivity index (χ3v) is 7.37. The summed E-state index contributed by atoms with van der Waals surface area (Å²) in [5, 5.41) is 3.62. The summed E-state index contributed by atoms with van der Waals surface area (Å²) >= 11 is 0. The van der Waals surface area contributed by atoms with E-state index in [1.165, 1.54) is 0 Å². The van der Waals surface area contributed by atoms with Gasteiger partial charge in [-0.05, 0) is 55.2 Å². The van der Waals surface area contributed by atoms with Crippen molar-refractivity contribution in [3.63, 3.8) is 0 Å². The summed E-state index contributed by atoms with van der Waals surface area (Å²) in [6.07, 6.45) is 5.16. The molecule has 0 bridgehead atoms. The lowest BCUT2D eigenvalue weighted by atomic mass is 10.0. The summed E-state index contributed by atoms with van der Waals surface area (Å²) in [5.41, 5.74) is 0.823. The van der Waals surface area contributed by atoms with Gasteiger partial charge in [0.2, 0.25) is 15.9 Å². The van der Waals surface area contributed by atoms with Crippen molar-refractivity contribution in [1.82, 2.24) is 14.2 Å². The van der Waals surface area contributed by atoms with E-state index in [1.54, 1.807) is 47.1 Å². The smallest absolute Gasteiger partial charge is 0.243 e. The van der Waals surface area contributed by atoms with E-state index in [0.29, 0.717) is 36.2 Å². The average molecular weight is 416 g/mol. The lowest BCUT2D eigenvalue weighted by Crippen LogP contribution is -2.37. The summed E-state index contributed by atoms with van der Waals surface area (Å²) < 4.78 is 34.5. The van der Waals surface area contributed by atoms with E-state index in [2.05, 4.69) is 12.2 Å². The normalized spacial score (nSPS) is 16.3. The van der Waals surface area contributed by atoms with Crippen LogP contribution >= 0.6 is 0 Å². The Morgan fingerprint density at radius 2 is 2.00 bits per heavy atom. The number of benzene rings is 1. The number of rotatable bonds is 6. The van der Waals surface area contributed by atoms with Gasteiger partial charge in [0.25, 0.3) is 0 Å². The molecule has 3 aromatic rings. The molecule has 29 heavy (non-hydrogen) atoms. The van der Waals surface area contributed by atoms with Crippen LogP contribution in [0.2, 0.25) is 0 Å². The van der Waals surface area contributed by atoms with Gasteiger partial charge in [-0.2, -0.15) is 4.31 Å². The van der Waals surface area contributed by atoms with Gasteiger partial charge in [0.1, 0.15) is 12.3 Å². The Labute approximate surface area is 170 Å². The Balaban J connectivity index is 1.48. The van der Waals surface area contributed by atoms with Crippen LogP contribution in [0.5, 0.6) is 0 Å². The van der Waals surface area contributed by atoms with Gasteiger partial charge in [-0.3, -0.25) is 4.79 Å². The fourth-order valence-corrected chi connectivity index (χ4v) is 5.17. The Morgan fingerprint density at radius 1 is 1.21 bits per heavy atom. The van der Waals surface area contributed by atoms with E-state index in [-0.39, 0.29) is 12.5 Å². The molecule has 1 aliphatic rings. The van der Waals surface area contributed by atoms with Crippen molar-refractivity contribution in [2.24, 2.45) is 5.92 Å². The number of hydrogen-bond acceptors (Lipinski definition) is 4. The van der Waals surface area contributed by atoms with E-state index < -0.39 is 10.0 Å². The number of nitrogens with zero attached hydrogens (tertiary/aromatic N) is 2. The molecule has 8 heteroatoms. The minimum atomic E-state index is -3.49. The summed E-state index contributed by atoms with van der Waals surface area (Å²) in [5.74, 6) is 1.12. The molecule has 1 aromatic carbocycles. The fraction of sp³-hybridized carbons (Fsp3) is 0.381. The molecule has 7 nitrogen and oxygen atoms in total. The molecule has 0 radical (unpaired) electrons. The minimum absolute atomic E-state index is 0.141. The molecule has 1 saturated heterocycles. The summed E-state index contributed by atoms with van der Waals surface area (Å²) in [6.45, 7) is 3.78. The second kappa shape index (κ2) is 8.04. The van der Waals surface area contributed by atoms with Crippen molar-refractivity contribution in [2.45, 2.75) is 37.8 Å². The number of fused-ring (bicyclic) bond motifs is 1. The first-order valence-corrected chi connectivity index (χ1v) is 11.3. The first kappa shape index (κ1) is 19.7. The predicted octanol–water partition coefficient (Wildman–Crippen LogP) is 2.97. The number of aromatic nitrogens is 1. The van der Waals surface area contributed by atoms with Gasteiger partial charge in [0.05, 0.1) is 17.7 Å². The van der Waals surface area contributed by atoms with Crippen molar-refractivity contribution in [2.75, 3.05) is 13.1 Å². The standard InChI is InChI=1S/C21H25N3O4S/c1-16-6-10-24(11-7-16)29(26,27)19-4-5-20-17(13-19)8-9-23(20)15-21(25)22-14-18-3-2-12-28-18/h2-5,8-9,12-13,16H,6-7,10-11,14-15H2,1H3,(H,22,25). The van der Waals surface area contributed by atoms with Gasteiger partial charge < -0.3 is 14.3 Å². The summed E-state index contributed by atoms with van der Waals surface area (Å²) in [6, 6.07) is 10.5. The zero-order chi connectivity index (χ0) is 20.4. The van der Waals surface area contributed by atoms with Crippen LogP contribution in [0.3, 0.4) is 0 Å². The van der Waals surface area contributed by atoms with Crippen LogP contribution < -0.4 is 5.32 Å². The van der Waals surface area contributed by atoms with Crippen LogP contribution in [0.1, 0.15) is 25.5 Å². The molecule has 0 saturated carbocycles. The van der Waals surface area contributed by atoms with Gasteiger partial charge in [-0.1, -0.05) is 6.92 Å². The van der Waals surface area contributed by atoms with Crippen LogP contribution in [-0.2, 0) is 27.9 Å². The molecular weight excluding hydrogens is 390 g/mol. The Hall–Kier alpha value is -2.58. The van der Waals surface area contributed by atoms with Gasteiger partial charge in [-0.15, -0.1) is 0 Å². The van der Waals surface area contributed by atoms with E-state index in [0.717, 1.165) is 23.7 Å². The highest BCUT2D eigenvalue weighted by atomic mass is 32.2. The van der Waals surface area contributed by atoms with Gasteiger partial charge in [0, 0.05) is 30.2 Å². The highest BCUT2D eigenvalue weighted by molar-refractivity contribution is 7.89. The number of sulfonamides is 1. The molecule has 0 aliphatic carbocycles. The van der Waals surface area contributed by atoms with Crippen LogP contribution in [-0.4, -0.2) is 36.3 Å². The molecule has 1 fully saturated rings. The SMILES string of the molecule is CC1CCN(S(=O)(=O)c2ccc3c(ccn3CC(=O)NCc3ccco3)c2)CC1. The van der Waals surface area contributed by atoms with Crippen molar-refractivity contribution in [3.8, 4) is 0 Å². The number of carbonyl (C=O) groups excluding carboxylic acids is 1. The predicted molar refractivity (Wildman–Crippen MR) is 110 cm³/mol. The second-order valence-electron chi connectivity index (χ2n) is 7.61. The first-order chi connectivity index (χ1) is 13.9. The molecule has 0 spiro atoms. The zero-order valence-corrected chi connectivity index (χ0v) is 17.2. The molecule has 1 amide bonds. The number of furan rings is 1. The first-order valence-electron chi connectivity index (χ1n) is 9.81. The maximum Gasteiger partial charge on any atom is 0.243 e. The molecular formula is C21H25N3O4S. The summed E-state index contributed by atoms with van der Waals surface area (Å²) in [4.78, 5) is 12.5. The molecule has 1 N–H and O–H groups in total. The van der Waals surface area contributed by atoms with Crippen LogP contribution in [0.15, 0.2) is 58.2 Å². The maximum atomic E-state index is 13.0. The second-order valence-corrected chi connectivity index (χ2v) is 9.54. The van der Waals surface area contributed by atoms with Crippen molar-refractivity contribution < 1.29 is 17.6 Å². The highest BCUT2D eigenvalue weighted by Gasteiger charge is 2.28. The lowest BCUT2D eigenvalue weighted by Gasteiger charge is -2.29. The van der Waals surface area contributed by atoms with Gasteiger partial charge in [-0.25, -0.2) is 8.42 Å². The monoisotopic (exact) mass is 415 g/mol. The molecule has 4 rings (SSSR count). The van der Waals surface area contributed by atoms with Crippen molar-refractivity contribution >= 4 is 26.8 Å². The van der Waals surface area contributed by atoms with E-state index >= 15 is 0 Å². The maximum absolute atomic E-state index is 13.0. The number of hydrogen-bond donors (Lipinski definition) is 1. The third-order valence-electron chi connectivity index (χ3n) is 5.48. The van der Waals surface area contributed by atoms with Gasteiger partial charge in [0.15, 0.2) is 0 Å². The molecule has 154 valence electrons. The molecule has 1 aliphatic heterocycles. The van der Waals surface area contributed by atoms with Crippen LogP contribution in [0.25, 0.3) is 10.9 Å². The Kier molecular flexibility index (Phi) is 5.47. The Morgan fingerprint density at radius 3 is 2.72 bits per heavy atom. The average Bonchev–Trinajstić information content (AvgIpc) is 3.36. The van der Waals surface area contributed by atoms with Crippen molar-refractivity contribution in [3.05, 3.63) is 54.6 Å². The van der Waals surface area contributed by atoms with E-state index in [9.17, 15) is 13.2 Å². The largest absolute Gasteiger partial charge is 0.467 e. The fourth-order valence-electron chi connectivity index (χ4n) is 3.66. The number of amides is 1. The van der Waals surface area contributed by atoms with Crippen LogP contribution in [0, 0.1) is 5.92 Å². The molecule has 0 unspecified atom stereocenters. The zero-order valence-electron chi connectivity index (χ0n) is 16.4. The summed E-state index contributed by atoms with van der Waals surface area (Å²) in [7, 11) is -3.49. The van der Waals surface area contributed by atoms with E-state index in [1.807, 2.05) is 10.6 Å². The Bertz CT molecular complexity index is 1090. The van der Waals surface area contributed by atoms with E-state index in [4.69, 9.17) is 4.42 Å². The molecule has 0 atom stereocenters. The minimum Gasteiger partial charge on any atom is -0.467 e. The van der Waals surface area contributed by atoms with Crippen LogP contribution in [0.4, 0.5) is 0 Å². The van der Waals surface area contributed by atoms with Crippen molar-refractivity contribution in [1.29, 1.82) is 0 Å². The number of carbonyl (C=O) groups is 1. The topological polar surface area (TPSA) is 84.5 Å². The quantitative estimate of drug-likeness (QED) is 0.671. The number of piperidine rings is 1. The third kappa shape index (κ3) is 4.23. The highest BCUT2D eigenvalue weighted by Crippen LogP contribution is 2.26.